The molecule has 2 heterocycles. The fourth-order valence-electron chi connectivity index (χ4n) is 7.91. The van der Waals surface area contributed by atoms with Crippen LogP contribution in [0.1, 0.15) is 22.3 Å². The minimum atomic E-state index is -4.77. The van der Waals surface area contributed by atoms with Crippen molar-refractivity contribution in [2.75, 3.05) is 0 Å². The largest absolute Gasteiger partial charge is 0.417 e. The summed E-state index contributed by atoms with van der Waals surface area (Å²) in [5, 5.41) is -0.812. The summed E-state index contributed by atoms with van der Waals surface area (Å²) >= 11 is 0. The third-order valence-corrected chi connectivity index (χ3v) is 10.2. The van der Waals surface area contributed by atoms with Crippen LogP contribution in [0.4, 0.5) is 35.1 Å². The summed E-state index contributed by atoms with van der Waals surface area (Å²) in [6.45, 7) is 3.76. The molecule has 0 bridgehead atoms. The summed E-state index contributed by atoms with van der Waals surface area (Å²) < 4.78 is 113. The zero-order valence-corrected chi connectivity index (χ0v) is 26.7. The van der Waals surface area contributed by atoms with Gasteiger partial charge in [-0.25, -0.2) is 28.7 Å². The molecule has 0 spiro atoms. The molecule has 0 aliphatic heterocycles. The van der Waals surface area contributed by atoms with Gasteiger partial charge in [0.15, 0.2) is 0 Å². The number of aromatic nitrogens is 4. The quantitative estimate of drug-likeness (QED) is 0.160. The number of fused-ring (bicyclic) bond motifs is 8. The lowest BCUT2D eigenvalue weighted by molar-refractivity contribution is -0.137. The first kappa shape index (κ1) is 30.8. The highest BCUT2D eigenvalue weighted by Gasteiger charge is 2.38. The SMILES string of the molecule is Cc1cc2nc3c(nc2cc1-c1cc2nc4c(nc2cc1C)-c1ccc(F)c2c(C(F)(F)F)ccc-4c12)-c1ccc(C(F)(F)F)c2c(F)ccc-3c12. The van der Waals surface area contributed by atoms with Crippen LogP contribution in [-0.4, -0.2) is 19.9 Å². The van der Waals surface area contributed by atoms with E-state index < -0.39 is 45.9 Å². The van der Waals surface area contributed by atoms with Gasteiger partial charge in [-0.1, -0.05) is 12.1 Å². The van der Waals surface area contributed by atoms with E-state index in [1.807, 2.05) is 38.1 Å². The molecule has 10 rings (SSSR count). The summed E-state index contributed by atoms with van der Waals surface area (Å²) in [7, 11) is 0. The minimum Gasteiger partial charge on any atom is -0.244 e. The molecule has 254 valence electrons. The van der Waals surface area contributed by atoms with Crippen LogP contribution >= 0.6 is 0 Å². The lowest BCUT2D eigenvalue weighted by Gasteiger charge is -2.14. The van der Waals surface area contributed by atoms with E-state index in [2.05, 4.69) is 0 Å². The Bertz CT molecular complexity index is 2780. The van der Waals surface area contributed by atoms with Gasteiger partial charge in [0, 0.05) is 43.8 Å². The zero-order chi connectivity index (χ0) is 36.2. The van der Waals surface area contributed by atoms with Gasteiger partial charge in [0.05, 0.1) is 56.0 Å². The van der Waals surface area contributed by atoms with Crippen molar-refractivity contribution in [1.82, 2.24) is 19.9 Å². The van der Waals surface area contributed by atoms with Gasteiger partial charge in [-0.05, 0) is 96.8 Å². The highest BCUT2D eigenvalue weighted by atomic mass is 19.4. The molecule has 8 aromatic rings. The maximum absolute atomic E-state index is 15.0. The van der Waals surface area contributed by atoms with Crippen molar-refractivity contribution in [3.05, 3.63) is 107 Å². The number of rotatable bonds is 1. The van der Waals surface area contributed by atoms with Crippen LogP contribution in [0.2, 0.25) is 0 Å². The van der Waals surface area contributed by atoms with E-state index in [9.17, 15) is 35.1 Å². The smallest absolute Gasteiger partial charge is 0.244 e. The standard InChI is InChI=1S/C40H18F8N4/c1-15-11-27-29(51-35-17-3-7-23(39(43,44)45)33-25(41)9-5-19(31(17)33)37(35)49-27)13-21(15)22-14-30-28(12-16(22)2)50-38-20-6-10-26(42)34-24(40(46,47)48)8-4-18(32(20)34)36(38)52-30/h3-14H,1-2H3. The lowest BCUT2D eigenvalue weighted by Crippen LogP contribution is -2.06. The Morgan fingerprint density at radius 1 is 0.385 bits per heavy atom. The van der Waals surface area contributed by atoms with Gasteiger partial charge >= 0.3 is 12.4 Å². The third-order valence-electron chi connectivity index (χ3n) is 10.2. The van der Waals surface area contributed by atoms with Gasteiger partial charge in [0.2, 0.25) is 0 Å². The molecule has 0 fully saturated rings. The first-order valence-electron chi connectivity index (χ1n) is 16.0. The van der Waals surface area contributed by atoms with Crippen LogP contribution in [0.5, 0.6) is 0 Å². The third kappa shape index (κ3) is 4.03. The van der Waals surface area contributed by atoms with E-state index >= 15 is 0 Å². The second-order valence-corrected chi connectivity index (χ2v) is 13.2. The molecule has 6 aromatic carbocycles. The highest BCUT2D eigenvalue weighted by molar-refractivity contribution is 6.16. The van der Waals surface area contributed by atoms with Crippen LogP contribution in [-0.2, 0) is 12.4 Å². The summed E-state index contributed by atoms with van der Waals surface area (Å²) in [6, 6.07) is 16.5. The number of hydrogen-bond acceptors (Lipinski definition) is 4. The van der Waals surface area contributed by atoms with Crippen LogP contribution in [0.25, 0.3) is 99.8 Å². The van der Waals surface area contributed by atoms with Gasteiger partial charge in [-0.3, -0.25) is 0 Å². The molecule has 0 N–H and O–H groups in total. The van der Waals surface area contributed by atoms with E-state index in [4.69, 9.17) is 19.9 Å². The maximum atomic E-state index is 15.0. The molecule has 0 radical (unpaired) electrons. The van der Waals surface area contributed by atoms with Crippen LogP contribution in [0.3, 0.4) is 0 Å². The predicted octanol–water partition coefficient (Wildman–Crippen LogP) is 11.8. The zero-order valence-electron chi connectivity index (χ0n) is 26.7. The molecule has 0 saturated carbocycles. The summed E-state index contributed by atoms with van der Waals surface area (Å²) in [6.07, 6.45) is -9.53. The number of benzene rings is 6. The molecule has 52 heavy (non-hydrogen) atoms. The van der Waals surface area contributed by atoms with E-state index in [1.165, 1.54) is 24.3 Å². The second-order valence-electron chi connectivity index (χ2n) is 13.2. The normalized spacial score (nSPS) is 13.2. The van der Waals surface area contributed by atoms with Crippen LogP contribution in [0, 0.1) is 25.5 Å². The Morgan fingerprint density at radius 2 is 0.692 bits per heavy atom. The molecule has 0 atom stereocenters. The van der Waals surface area contributed by atoms with E-state index in [-0.39, 0.29) is 10.8 Å². The molecule has 2 aromatic heterocycles. The topological polar surface area (TPSA) is 51.6 Å². The Hall–Kier alpha value is -6.04. The predicted molar refractivity (Wildman–Crippen MR) is 181 cm³/mol. The van der Waals surface area contributed by atoms with Crippen LogP contribution in [0.15, 0.2) is 72.8 Å². The van der Waals surface area contributed by atoms with Crippen molar-refractivity contribution in [3.63, 3.8) is 0 Å². The fraction of sp³-hybridized carbons (Fsp3) is 0.100. The maximum Gasteiger partial charge on any atom is 0.417 e. The highest BCUT2D eigenvalue weighted by Crippen LogP contribution is 2.52. The molecule has 0 saturated heterocycles. The van der Waals surface area contributed by atoms with Gasteiger partial charge in [0.25, 0.3) is 0 Å². The fourth-order valence-corrected chi connectivity index (χ4v) is 7.91. The summed E-state index contributed by atoms with van der Waals surface area (Å²) in [5.41, 5.74) is 5.80. The molecular weight excluding hydrogens is 688 g/mol. The van der Waals surface area contributed by atoms with Crippen molar-refractivity contribution in [2.45, 2.75) is 26.2 Å². The number of hydrogen-bond donors (Lipinski definition) is 0. The Kier molecular flexibility index (Phi) is 5.82. The van der Waals surface area contributed by atoms with Crippen molar-refractivity contribution >= 4 is 43.6 Å². The molecule has 2 aliphatic carbocycles. The Labute approximate surface area is 287 Å². The summed E-state index contributed by atoms with van der Waals surface area (Å²) in [4.78, 5) is 19.3. The summed E-state index contributed by atoms with van der Waals surface area (Å²) in [5.74, 6) is -1.97. The number of halogens is 8. The van der Waals surface area contributed by atoms with Crippen molar-refractivity contribution < 1.29 is 35.1 Å². The average molecular weight is 707 g/mol. The van der Waals surface area contributed by atoms with E-state index in [1.54, 1.807) is 0 Å². The number of alkyl halides is 6. The van der Waals surface area contributed by atoms with Gasteiger partial charge < -0.3 is 0 Å². The first-order chi connectivity index (χ1) is 24.7. The van der Waals surface area contributed by atoms with Gasteiger partial charge in [0.1, 0.15) is 11.6 Å². The molecular formula is C40H18F8N4. The van der Waals surface area contributed by atoms with Gasteiger partial charge in [-0.15, -0.1) is 0 Å². The van der Waals surface area contributed by atoms with E-state index in [0.717, 1.165) is 46.5 Å². The molecule has 0 unspecified atom stereocenters. The number of aryl methyl sites for hydroxylation is 2. The van der Waals surface area contributed by atoms with E-state index in [0.29, 0.717) is 67.1 Å². The first-order valence-corrected chi connectivity index (χ1v) is 16.0. The Morgan fingerprint density at radius 3 is 1.02 bits per heavy atom. The average Bonchev–Trinajstić information content (AvgIpc) is 3.56. The minimum absolute atomic E-state index is 0.115. The Balaban J connectivity index is 1.14. The van der Waals surface area contributed by atoms with Crippen molar-refractivity contribution in [3.8, 4) is 56.2 Å². The molecule has 0 amide bonds. The molecule has 4 nitrogen and oxygen atoms in total. The van der Waals surface area contributed by atoms with Crippen LogP contribution < -0.4 is 0 Å². The number of nitrogens with zero attached hydrogens (tertiary/aromatic N) is 4. The monoisotopic (exact) mass is 706 g/mol. The second kappa shape index (κ2) is 9.84. The molecule has 2 aliphatic rings. The lowest BCUT2D eigenvalue weighted by atomic mass is 9.95. The molecule has 12 heteroatoms. The van der Waals surface area contributed by atoms with Gasteiger partial charge in [-0.2, -0.15) is 26.3 Å². The van der Waals surface area contributed by atoms with Crippen molar-refractivity contribution in [2.24, 2.45) is 0 Å². The van der Waals surface area contributed by atoms with Crippen molar-refractivity contribution in [1.29, 1.82) is 0 Å².